The molecular formula is C13H17FN2O. The molecule has 1 fully saturated rings. The Balaban J connectivity index is 2.07. The van der Waals surface area contributed by atoms with E-state index < -0.39 is 5.95 Å². The molecule has 1 aliphatic carbocycles. The standard InChI is InChI=1S/C13H17FN2O/c1-13(2)8-4-5-9(13)12(17)16-11-7-3-6-10(14)15-11/h3,6-7,9H,4-5,8H2,1-2H3,(H,15,16,17). The number of anilines is 1. The normalized spacial score (nSPS) is 22.4. The SMILES string of the molecule is CC1(C)CCCC1C(=O)Nc1cccc(F)n1. The summed E-state index contributed by atoms with van der Waals surface area (Å²) in [5.74, 6) is -0.343. The van der Waals surface area contributed by atoms with Crippen LogP contribution in [0.1, 0.15) is 33.1 Å². The highest BCUT2D eigenvalue weighted by Gasteiger charge is 2.39. The summed E-state index contributed by atoms with van der Waals surface area (Å²) in [6, 6.07) is 4.40. The van der Waals surface area contributed by atoms with Gasteiger partial charge in [0.1, 0.15) is 5.82 Å². The van der Waals surface area contributed by atoms with Gasteiger partial charge in [-0.1, -0.05) is 26.3 Å². The number of aromatic nitrogens is 1. The molecule has 1 heterocycles. The minimum Gasteiger partial charge on any atom is -0.310 e. The van der Waals surface area contributed by atoms with Crippen LogP contribution in [0.25, 0.3) is 0 Å². The van der Waals surface area contributed by atoms with Crippen molar-refractivity contribution in [3.8, 4) is 0 Å². The molecule has 17 heavy (non-hydrogen) atoms. The maximum absolute atomic E-state index is 12.9. The van der Waals surface area contributed by atoms with Gasteiger partial charge < -0.3 is 5.32 Å². The van der Waals surface area contributed by atoms with Crippen molar-refractivity contribution in [3.63, 3.8) is 0 Å². The second-order valence-electron chi connectivity index (χ2n) is 5.27. The zero-order valence-corrected chi connectivity index (χ0v) is 10.2. The number of hydrogen-bond acceptors (Lipinski definition) is 2. The van der Waals surface area contributed by atoms with Gasteiger partial charge >= 0.3 is 0 Å². The highest BCUT2D eigenvalue weighted by molar-refractivity contribution is 5.92. The van der Waals surface area contributed by atoms with E-state index in [1.165, 1.54) is 12.1 Å². The van der Waals surface area contributed by atoms with Gasteiger partial charge in [-0.25, -0.2) is 4.98 Å². The van der Waals surface area contributed by atoms with Gasteiger partial charge in [0.2, 0.25) is 11.9 Å². The Hall–Kier alpha value is -1.45. The molecular weight excluding hydrogens is 219 g/mol. The first-order valence-corrected chi connectivity index (χ1v) is 5.92. The van der Waals surface area contributed by atoms with Gasteiger partial charge in [0.05, 0.1) is 0 Å². The first-order valence-electron chi connectivity index (χ1n) is 5.92. The van der Waals surface area contributed by atoms with Gasteiger partial charge in [-0.2, -0.15) is 4.39 Å². The lowest BCUT2D eigenvalue weighted by atomic mass is 9.81. The maximum Gasteiger partial charge on any atom is 0.229 e. The van der Waals surface area contributed by atoms with Crippen LogP contribution in [0.15, 0.2) is 18.2 Å². The molecule has 0 saturated heterocycles. The molecule has 0 bridgehead atoms. The monoisotopic (exact) mass is 236 g/mol. The molecule has 0 aliphatic heterocycles. The van der Waals surface area contributed by atoms with Crippen LogP contribution in [0, 0.1) is 17.3 Å². The summed E-state index contributed by atoms with van der Waals surface area (Å²) < 4.78 is 12.9. The van der Waals surface area contributed by atoms with Gasteiger partial charge in [0.15, 0.2) is 0 Å². The third-order valence-electron chi connectivity index (χ3n) is 3.54. The Morgan fingerprint density at radius 1 is 1.53 bits per heavy atom. The van der Waals surface area contributed by atoms with Crippen LogP contribution in [0.4, 0.5) is 10.2 Å². The molecule has 2 rings (SSSR count). The fourth-order valence-electron chi connectivity index (χ4n) is 2.50. The minimum atomic E-state index is -0.575. The number of carbonyl (C=O) groups excluding carboxylic acids is 1. The fourth-order valence-corrected chi connectivity index (χ4v) is 2.50. The molecule has 3 nitrogen and oxygen atoms in total. The molecule has 1 atom stereocenters. The summed E-state index contributed by atoms with van der Waals surface area (Å²) in [4.78, 5) is 15.7. The number of rotatable bonds is 2. The molecule has 1 amide bonds. The van der Waals surface area contributed by atoms with Gasteiger partial charge in [-0.3, -0.25) is 4.79 Å². The maximum atomic E-state index is 12.9. The number of amides is 1. The Morgan fingerprint density at radius 3 is 2.88 bits per heavy atom. The summed E-state index contributed by atoms with van der Waals surface area (Å²) >= 11 is 0. The van der Waals surface area contributed by atoms with E-state index in [1.807, 2.05) is 0 Å². The lowest BCUT2D eigenvalue weighted by Gasteiger charge is -2.25. The van der Waals surface area contributed by atoms with E-state index in [2.05, 4.69) is 24.1 Å². The van der Waals surface area contributed by atoms with E-state index in [0.717, 1.165) is 19.3 Å². The van der Waals surface area contributed by atoms with Crippen LogP contribution in [-0.2, 0) is 4.79 Å². The van der Waals surface area contributed by atoms with Gasteiger partial charge in [0.25, 0.3) is 0 Å². The molecule has 1 N–H and O–H groups in total. The van der Waals surface area contributed by atoms with Crippen molar-refractivity contribution < 1.29 is 9.18 Å². The molecule has 92 valence electrons. The second-order valence-corrected chi connectivity index (χ2v) is 5.27. The molecule has 1 unspecified atom stereocenters. The molecule has 0 aromatic carbocycles. The van der Waals surface area contributed by atoms with Crippen LogP contribution in [0.2, 0.25) is 0 Å². The zero-order chi connectivity index (χ0) is 12.5. The Bertz CT molecular complexity index is 431. The van der Waals surface area contributed by atoms with Crippen molar-refractivity contribution in [1.82, 2.24) is 4.98 Å². The van der Waals surface area contributed by atoms with E-state index >= 15 is 0 Å². The molecule has 1 aromatic heterocycles. The Labute approximate surface area is 100 Å². The quantitative estimate of drug-likeness (QED) is 0.802. The summed E-state index contributed by atoms with van der Waals surface area (Å²) in [6.07, 6.45) is 3.03. The molecule has 0 radical (unpaired) electrons. The summed E-state index contributed by atoms with van der Waals surface area (Å²) in [5.41, 5.74) is 0.0252. The predicted octanol–water partition coefficient (Wildman–Crippen LogP) is 2.99. The highest BCUT2D eigenvalue weighted by Crippen LogP contribution is 2.42. The number of hydrogen-bond donors (Lipinski definition) is 1. The van der Waals surface area contributed by atoms with Crippen LogP contribution in [0.3, 0.4) is 0 Å². The minimum absolute atomic E-state index is 0.00688. The van der Waals surface area contributed by atoms with Gasteiger partial charge in [-0.05, 0) is 30.4 Å². The molecule has 0 spiro atoms. The van der Waals surface area contributed by atoms with E-state index in [0.29, 0.717) is 0 Å². The van der Waals surface area contributed by atoms with E-state index in [-0.39, 0.29) is 23.1 Å². The summed E-state index contributed by atoms with van der Waals surface area (Å²) in [7, 11) is 0. The van der Waals surface area contributed by atoms with Crippen LogP contribution in [-0.4, -0.2) is 10.9 Å². The topological polar surface area (TPSA) is 42.0 Å². The van der Waals surface area contributed by atoms with Crippen molar-refractivity contribution in [2.75, 3.05) is 5.32 Å². The number of nitrogens with zero attached hydrogens (tertiary/aromatic N) is 1. The van der Waals surface area contributed by atoms with E-state index in [1.54, 1.807) is 6.07 Å². The molecule has 1 saturated carbocycles. The third-order valence-corrected chi connectivity index (χ3v) is 3.54. The second kappa shape index (κ2) is 4.43. The van der Waals surface area contributed by atoms with Gasteiger partial charge in [-0.15, -0.1) is 0 Å². The number of pyridine rings is 1. The van der Waals surface area contributed by atoms with Crippen molar-refractivity contribution in [3.05, 3.63) is 24.1 Å². The predicted molar refractivity (Wildman–Crippen MR) is 63.9 cm³/mol. The lowest BCUT2D eigenvalue weighted by Crippen LogP contribution is -2.31. The smallest absolute Gasteiger partial charge is 0.229 e. The highest BCUT2D eigenvalue weighted by atomic mass is 19.1. The van der Waals surface area contributed by atoms with E-state index in [9.17, 15) is 9.18 Å². The molecule has 1 aliphatic rings. The largest absolute Gasteiger partial charge is 0.310 e. The van der Waals surface area contributed by atoms with Crippen LogP contribution in [0.5, 0.6) is 0 Å². The number of halogens is 1. The van der Waals surface area contributed by atoms with Crippen molar-refractivity contribution >= 4 is 11.7 Å². The summed E-state index contributed by atoms with van der Waals surface area (Å²) in [5, 5.41) is 2.69. The van der Waals surface area contributed by atoms with E-state index in [4.69, 9.17) is 0 Å². The van der Waals surface area contributed by atoms with Crippen LogP contribution >= 0.6 is 0 Å². The molecule has 4 heteroatoms. The number of carbonyl (C=O) groups is 1. The number of nitrogens with one attached hydrogen (secondary N) is 1. The molecule has 1 aromatic rings. The van der Waals surface area contributed by atoms with Crippen molar-refractivity contribution in [2.45, 2.75) is 33.1 Å². The van der Waals surface area contributed by atoms with Gasteiger partial charge in [0, 0.05) is 5.92 Å². The average molecular weight is 236 g/mol. The Kier molecular flexibility index (Phi) is 3.13. The third kappa shape index (κ3) is 2.62. The average Bonchev–Trinajstić information content (AvgIpc) is 2.58. The Morgan fingerprint density at radius 2 is 2.29 bits per heavy atom. The first-order chi connectivity index (χ1) is 7.99. The fraction of sp³-hybridized carbons (Fsp3) is 0.538. The van der Waals surface area contributed by atoms with Crippen molar-refractivity contribution in [1.29, 1.82) is 0 Å². The van der Waals surface area contributed by atoms with Crippen molar-refractivity contribution in [2.24, 2.45) is 11.3 Å². The zero-order valence-electron chi connectivity index (χ0n) is 10.2. The lowest BCUT2D eigenvalue weighted by molar-refractivity contribution is -0.122. The summed E-state index contributed by atoms with van der Waals surface area (Å²) in [6.45, 7) is 4.20. The van der Waals surface area contributed by atoms with Crippen LogP contribution < -0.4 is 5.32 Å². The first kappa shape index (κ1) is 12.0.